The number of allylic oxidation sites excluding steroid dienone is 1. The number of anilines is 1. The second-order valence-electron chi connectivity index (χ2n) is 10.3. The van der Waals surface area contributed by atoms with Crippen molar-refractivity contribution in [2.75, 3.05) is 11.8 Å². The summed E-state index contributed by atoms with van der Waals surface area (Å²) in [6, 6.07) is 19.3. The molecule has 3 aromatic rings. The molecule has 0 heterocycles. The lowest BCUT2D eigenvalue weighted by Gasteiger charge is -2.28. The van der Waals surface area contributed by atoms with E-state index in [2.05, 4.69) is 46.1 Å². The molecule has 0 radical (unpaired) electrons. The molecular formula is C33H38FN3O3S. The summed E-state index contributed by atoms with van der Waals surface area (Å²) in [6.45, 7) is 4.00. The first kappa shape index (κ1) is 30.2. The predicted molar refractivity (Wildman–Crippen MR) is 168 cm³/mol. The highest BCUT2D eigenvalue weighted by Gasteiger charge is 2.34. The van der Waals surface area contributed by atoms with Crippen LogP contribution in [0.15, 0.2) is 76.8 Å². The quantitative estimate of drug-likeness (QED) is 0.174. The van der Waals surface area contributed by atoms with E-state index in [9.17, 15) is 9.18 Å². The molecule has 2 atom stereocenters. The van der Waals surface area contributed by atoms with Crippen LogP contribution < -0.4 is 15.2 Å². The fourth-order valence-corrected chi connectivity index (χ4v) is 6.35. The average Bonchev–Trinajstić information content (AvgIpc) is 3.35. The van der Waals surface area contributed by atoms with Crippen LogP contribution >= 0.6 is 11.9 Å². The highest BCUT2D eigenvalue weighted by Crippen LogP contribution is 2.48. The summed E-state index contributed by atoms with van der Waals surface area (Å²) in [7, 11) is 1.38. The lowest BCUT2D eigenvalue weighted by molar-refractivity contribution is 0.0691. The Kier molecular flexibility index (Phi) is 10.5. The lowest BCUT2D eigenvalue weighted by atomic mass is 9.77. The Labute approximate surface area is 246 Å². The molecule has 0 aliphatic heterocycles. The van der Waals surface area contributed by atoms with Gasteiger partial charge in [0.25, 0.3) is 0 Å². The van der Waals surface area contributed by atoms with Crippen molar-refractivity contribution in [1.29, 1.82) is 0 Å². The number of carboxylic acids is 1. The zero-order valence-corrected chi connectivity index (χ0v) is 24.6. The van der Waals surface area contributed by atoms with E-state index in [1.54, 1.807) is 6.21 Å². The maximum atomic E-state index is 14.1. The van der Waals surface area contributed by atoms with E-state index in [1.165, 1.54) is 56.5 Å². The van der Waals surface area contributed by atoms with Gasteiger partial charge in [0.1, 0.15) is 11.6 Å². The number of aliphatic imine (C=N–C) groups is 1. The summed E-state index contributed by atoms with van der Waals surface area (Å²) in [6.07, 6.45) is 9.95. The van der Waals surface area contributed by atoms with Crippen LogP contribution in [0, 0.1) is 17.7 Å². The molecule has 0 amide bonds. The van der Waals surface area contributed by atoms with Crippen LogP contribution in [0.1, 0.15) is 67.8 Å². The Morgan fingerprint density at radius 1 is 1.02 bits per heavy atom. The highest BCUT2D eigenvalue weighted by atomic mass is 32.2. The summed E-state index contributed by atoms with van der Waals surface area (Å²) < 4.78 is 22.3. The van der Waals surface area contributed by atoms with Crippen LogP contribution in [0.5, 0.6) is 5.75 Å². The second-order valence-corrected chi connectivity index (χ2v) is 11.1. The van der Waals surface area contributed by atoms with Crippen molar-refractivity contribution < 1.29 is 19.0 Å². The number of ether oxygens (including phenoxy) is 1. The SMILES string of the molecule is CC.COc1cc(C(=O)O)c(F)cc1NS/C(C=Nc1ccc(-c2ccc(C3CC4CCC(C4)C3)cc2)cc1)=C/N. The topological polar surface area (TPSA) is 96.9 Å². The Morgan fingerprint density at radius 3 is 2.20 bits per heavy atom. The number of halogens is 1. The molecule has 0 aromatic heterocycles. The smallest absolute Gasteiger partial charge is 0.338 e. The molecule has 6 nitrogen and oxygen atoms in total. The zero-order chi connectivity index (χ0) is 29.4. The number of rotatable bonds is 9. The largest absolute Gasteiger partial charge is 0.495 e. The molecule has 2 saturated carbocycles. The molecule has 216 valence electrons. The summed E-state index contributed by atoms with van der Waals surface area (Å²) in [5.41, 5.74) is 10.1. The predicted octanol–water partition coefficient (Wildman–Crippen LogP) is 8.78. The number of hydrogen-bond donors (Lipinski definition) is 3. The van der Waals surface area contributed by atoms with Crippen LogP contribution in [0.4, 0.5) is 15.8 Å². The molecule has 4 N–H and O–H groups in total. The van der Waals surface area contributed by atoms with Crippen LogP contribution in [0.25, 0.3) is 11.1 Å². The number of fused-ring (bicyclic) bond motifs is 2. The Hall–Kier alpha value is -3.78. The van der Waals surface area contributed by atoms with Gasteiger partial charge in [0.15, 0.2) is 0 Å². The second kappa shape index (κ2) is 14.2. The van der Waals surface area contributed by atoms with Gasteiger partial charge in [-0.15, -0.1) is 0 Å². The molecule has 2 unspecified atom stereocenters. The van der Waals surface area contributed by atoms with Gasteiger partial charge < -0.3 is 20.3 Å². The first-order valence-corrected chi connectivity index (χ1v) is 14.9. The van der Waals surface area contributed by atoms with E-state index in [-0.39, 0.29) is 11.4 Å². The monoisotopic (exact) mass is 575 g/mol. The van der Waals surface area contributed by atoms with E-state index >= 15 is 0 Å². The first-order valence-electron chi connectivity index (χ1n) is 14.1. The van der Waals surface area contributed by atoms with Gasteiger partial charge in [-0.25, -0.2) is 9.18 Å². The minimum absolute atomic E-state index is 0.198. The lowest BCUT2D eigenvalue weighted by Crippen LogP contribution is -2.14. The Balaban J connectivity index is 0.00000189. The van der Waals surface area contributed by atoms with Crippen LogP contribution in [0.3, 0.4) is 0 Å². The number of carboxylic acid groups (broad SMARTS) is 1. The van der Waals surface area contributed by atoms with E-state index < -0.39 is 17.3 Å². The molecule has 5 rings (SSSR count). The van der Waals surface area contributed by atoms with Crippen molar-refractivity contribution in [3.05, 3.63) is 88.7 Å². The third kappa shape index (κ3) is 7.50. The summed E-state index contributed by atoms with van der Waals surface area (Å²) in [5, 5.41) is 9.11. The number of hydrogen-bond acceptors (Lipinski definition) is 6. The first-order chi connectivity index (χ1) is 19.9. The molecule has 2 aliphatic rings. The van der Waals surface area contributed by atoms with Gasteiger partial charge in [-0.2, -0.15) is 0 Å². The number of nitrogens with zero attached hydrogens (tertiary/aromatic N) is 1. The van der Waals surface area contributed by atoms with E-state index in [1.807, 2.05) is 26.0 Å². The van der Waals surface area contributed by atoms with Crippen molar-refractivity contribution >= 4 is 35.5 Å². The van der Waals surface area contributed by atoms with Gasteiger partial charge in [0, 0.05) is 18.5 Å². The number of aromatic carboxylic acids is 1. The van der Waals surface area contributed by atoms with E-state index in [4.69, 9.17) is 15.6 Å². The van der Waals surface area contributed by atoms with Gasteiger partial charge in [-0.3, -0.25) is 4.99 Å². The van der Waals surface area contributed by atoms with Crippen molar-refractivity contribution in [2.45, 2.75) is 51.9 Å². The molecule has 3 aromatic carbocycles. The van der Waals surface area contributed by atoms with Crippen LogP contribution in [-0.2, 0) is 0 Å². The highest BCUT2D eigenvalue weighted by molar-refractivity contribution is 8.05. The molecule has 41 heavy (non-hydrogen) atoms. The number of benzene rings is 3. The maximum Gasteiger partial charge on any atom is 0.338 e. The fraction of sp³-hybridized carbons (Fsp3) is 0.333. The third-order valence-corrected chi connectivity index (χ3v) is 8.57. The van der Waals surface area contributed by atoms with E-state index in [0.29, 0.717) is 10.8 Å². The molecule has 2 fully saturated rings. The van der Waals surface area contributed by atoms with Crippen molar-refractivity contribution in [2.24, 2.45) is 22.6 Å². The number of nitrogens with one attached hydrogen (secondary N) is 1. The molecular weight excluding hydrogens is 537 g/mol. The Bertz CT molecular complexity index is 1380. The van der Waals surface area contributed by atoms with Crippen molar-refractivity contribution in [3.63, 3.8) is 0 Å². The molecule has 2 bridgehead atoms. The summed E-state index contributed by atoms with van der Waals surface area (Å²) in [5.74, 6) is 0.540. The molecule has 8 heteroatoms. The molecule has 0 saturated heterocycles. The van der Waals surface area contributed by atoms with Gasteiger partial charge in [-0.05, 0) is 83.9 Å². The van der Waals surface area contributed by atoms with E-state index in [0.717, 1.165) is 47.2 Å². The van der Waals surface area contributed by atoms with Crippen molar-refractivity contribution in [1.82, 2.24) is 0 Å². The average molecular weight is 576 g/mol. The summed E-state index contributed by atoms with van der Waals surface area (Å²) >= 11 is 1.11. The van der Waals surface area contributed by atoms with Gasteiger partial charge in [-0.1, -0.05) is 63.1 Å². The molecule has 0 spiro atoms. The number of carbonyl (C=O) groups is 1. The fourth-order valence-electron chi connectivity index (χ4n) is 5.79. The number of nitrogens with two attached hydrogens (primary N) is 1. The van der Waals surface area contributed by atoms with Crippen molar-refractivity contribution in [3.8, 4) is 16.9 Å². The molecule has 2 aliphatic carbocycles. The summed E-state index contributed by atoms with van der Waals surface area (Å²) in [4.78, 5) is 16.2. The normalized spacial score (nSPS) is 19.9. The van der Waals surface area contributed by atoms with Crippen LogP contribution in [-0.4, -0.2) is 24.4 Å². The minimum Gasteiger partial charge on any atom is -0.495 e. The van der Waals surface area contributed by atoms with Gasteiger partial charge in [0.05, 0.1) is 29.0 Å². The number of methoxy groups -OCH3 is 1. The van der Waals surface area contributed by atoms with Gasteiger partial charge >= 0.3 is 5.97 Å². The minimum atomic E-state index is -1.37. The standard InChI is InChI=1S/C31H32FN3O3S.C2H6/c1-38-30-15-27(31(36)37)28(32)16-29(30)35-39-26(17-33)18-34-25-10-8-22(9-11-25)21-4-6-23(7-5-21)24-13-19-2-3-20(12-19)14-24;1-2/h4-11,15-20,24,35H,2-3,12-14,33H2,1H3,(H,36,37);1-2H3/b26-17+,34-18?;. The Morgan fingerprint density at radius 2 is 1.63 bits per heavy atom. The zero-order valence-electron chi connectivity index (χ0n) is 23.8. The van der Waals surface area contributed by atoms with Crippen LogP contribution in [0.2, 0.25) is 0 Å². The maximum absolute atomic E-state index is 14.1. The third-order valence-electron chi connectivity index (χ3n) is 7.77. The van der Waals surface area contributed by atoms with Gasteiger partial charge in [0.2, 0.25) is 0 Å².